The van der Waals surface area contributed by atoms with E-state index < -0.39 is 23.5 Å². The minimum Gasteiger partial charge on any atom is -0.465 e. The Hall–Kier alpha value is -1.85. The molecule has 6 heteroatoms. The Morgan fingerprint density at radius 2 is 1.82 bits per heavy atom. The topological polar surface area (TPSA) is 43.4 Å². The fourth-order valence-electron chi connectivity index (χ4n) is 1.31. The Morgan fingerprint density at radius 3 is 2.24 bits per heavy atom. The summed E-state index contributed by atoms with van der Waals surface area (Å²) >= 11 is 0. The fraction of sp³-hybridized carbons (Fsp3) is 0.273. The maximum absolute atomic E-state index is 12.2. The quantitative estimate of drug-likeness (QED) is 0.595. The van der Waals surface area contributed by atoms with Gasteiger partial charge in [0.1, 0.15) is 0 Å². The van der Waals surface area contributed by atoms with Crippen LogP contribution < -0.4 is 0 Å². The molecule has 0 atom stereocenters. The van der Waals surface area contributed by atoms with Gasteiger partial charge in [0, 0.05) is 5.56 Å². The number of benzene rings is 1. The predicted octanol–water partition coefficient (Wildman–Crippen LogP) is 2.53. The Labute approximate surface area is 95.2 Å². The number of rotatable bonds is 2. The monoisotopic (exact) mass is 246 g/mol. The van der Waals surface area contributed by atoms with Gasteiger partial charge in [-0.3, -0.25) is 4.79 Å². The Morgan fingerprint density at radius 1 is 1.24 bits per heavy atom. The van der Waals surface area contributed by atoms with E-state index in [0.717, 1.165) is 25.3 Å². The second kappa shape index (κ2) is 4.57. The van der Waals surface area contributed by atoms with Crippen LogP contribution in [0, 0.1) is 6.92 Å². The second-order valence-electron chi connectivity index (χ2n) is 3.35. The van der Waals surface area contributed by atoms with Crippen molar-refractivity contribution in [2.24, 2.45) is 0 Å². The molecule has 1 aromatic rings. The number of alkyl halides is 3. The van der Waals surface area contributed by atoms with Gasteiger partial charge in [0.15, 0.2) is 0 Å². The van der Waals surface area contributed by atoms with Crippen molar-refractivity contribution in [3.05, 3.63) is 34.9 Å². The lowest BCUT2D eigenvalue weighted by Gasteiger charge is -2.08. The average molecular weight is 246 g/mol. The van der Waals surface area contributed by atoms with Crippen LogP contribution in [-0.2, 0) is 4.74 Å². The molecule has 0 aliphatic carbocycles. The molecule has 3 nitrogen and oxygen atoms in total. The SMILES string of the molecule is COC(=O)c1ccc(C(=O)C(F)(F)F)cc1C. The summed E-state index contributed by atoms with van der Waals surface area (Å²) < 4.78 is 40.9. The Balaban J connectivity index is 3.14. The summed E-state index contributed by atoms with van der Waals surface area (Å²) in [6.07, 6.45) is -4.92. The van der Waals surface area contributed by atoms with E-state index in [1.807, 2.05) is 0 Å². The summed E-state index contributed by atoms with van der Waals surface area (Å²) in [4.78, 5) is 22.1. The molecule has 0 heterocycles. The molecule has 17 heavy (non-hydrogen) atoms. The van der Waals surface area contributed by atoms with Crippen molar-refractivity contribution >= 4 is 11.8 Å². The Kier molecular flexibility index (Phi) is 3.55. The van der Waals surface area contributed by atoms with Crippen LogP contribution in [0.1, 0.15) is 26.3 Å². The maximum atomic E-state index is 12.2. The van der Waals surface area contributed by atoms with E-state index in [-0.39, 0.29) is 11.1 Å². The molecular weight excluding hydrogens is 237 g/mol. The molecule has 0 amide bonds. The number of carbonyl (C=O) groups excluding carboxylic acids is 2. The third-order valence-corrected chi connectivity index (χ3v) is 2.15. The highest BCUT2D eigenvalue weighted by atomic mass is 19.4. The molecule has 0 radical (unpaired) electrons. The first kappa shape index (κ1) is 13.2. The van der Waals surface area contributed by atoms with Crippen LogP contribution in [0.2, 0.25) is 0 Å². The van der Waals surface area contributed by atoms with Crippen LogP contribution in [0.3, 0.4) is 0 Å². The van der Waals surface area contributed by atoms with Crippen LogP contribution >= 0.6 is 0 Å². The zero-order valence-electron chi connectivity index (χ0n) is 9.09. The van der Waals surface area contributed by atoms with Crippen LogP contribution in [0.25, 0.3) is 0 Å². The van der Waals surface area contributed by atoms with Gasteiger partial charge in [0.05, 0.1) is 12.7 Å². The summed E-state index contributed by atoms with van der Waals surface area (Å²) in [5.74, 6) is -2.59. The van der Waals surface area contributed by atoms with E-state index in [0.29, 0.717) is 0 Å². The number of halogens is 3. The molecule has 0 saturated carbocycles. The van der Waals surface area contributed by atoms with Gasteiger partial charge in [-0.05, 0) is 24.6 Å². The number of esters is 1. The number of Topliss-reactive ketones (excluding diaryl/α,β-unsaturated/α-hetero) is 1. The van der Waals surface area contributed by atoms with E-state index in [1.54, 1.807) is 0 Å². The predicted molar refractivity (Wildman–Crippen MR) is 52.9 cm³/mol. The van der Waals surface area contributed by atoms with Gasteiger partial charge in [-0.25, -0.2) is 4.79 Å². The molecule has 0 saturated heterocycles. The van der Waals surface area contributed by atoms with Crippen molar-refractivity contribution in [1.29, 1.82) is 0 Å². The molecule has 0 fully saturated rings. The third-order valence-electron chi connectivity index (χ3n) is 2.15. The highest BCUT2D eigenvalue weighted by Crippen LogP contribution is 2.23. The minimum atomic E-state index is -4.92. The first-order valence-corrected chi connectivity index (χ1v) is 4.58. The molecular formula is C11H9F3O3. The van der Waals surface area contributed by atoms with E-state index in [2.05, 4.69) is 4.74 Å². The van der Waals surface area contributed by atoms with Crippen molar-refractivity contribution in [3.63, 3.8) is 0 Å². The minimum absolute atomic E-state index is 0.131. The second-order valence-corrected chi connectivity index (χ2v) is 3.35. The summed E-state index contributed by atoms with van der Waals surface area (Å²) in [6.45, 7) is 1.43. The standard InChI is InChI=1S/C11H9F3O3/c1-6-5-7(9(15)11(12,13)14)3-4-8(6)10(16)17-2/h3-5H,1-2H3. The van der Waals surface area contributed by atoms with Crippen LogP contribution in [-0.4, -0.2) is 25.0 Å². The number of aryl methyl sites for hydroxylation is 1. The molecule has 1 rings (SSSR count). The zero-order chi connectivity index (χ0) is 13.2. The smallest absolute Gasteiger partial charge is 0.454 e. The summed E-state index contributed by atoms with van der Waals surface area (Å²) in [7, 11) is 1.16. The van der Waals surface area contributed by atoms with E-state index in [9.17, 15) is 22.8 Å². The van der Waals surface area contributed by atoms with Crippen molar-refractivity contribution < 1.29 is 27.5 Å². The number of hydrogen-bond donors (Lipinski definition) is 0. The lowest BCUT2D eigenvalue weighted by molar-refractivity contribution is -0.0885. The maximum Gasteiger partial charge on any atom is 0.454 e. The highest BCUT2D eigenvalue weighted by Gasteiger charge is 2.39. The summed E-state index contributed by atoms with van der Waals surface area (Å²) in [5, 5.41) is 0. The molecule has 0 aromatic heterocycles. The van der Waals surface area contributed by atoms with Gasteiger partial charge in [-0.15, -0.1) is 0 Å². The lowest BCUT2D eigenvalue weighted by Crippen LogP contribution is -2.23. The summed E-state index contributed by atoms with van der Waals surface area (Å²) in [5.41, 5.74) is -0.110. The van der Waals surface area contributed by atoms with Gasteiger partial charge in [-0.1, -0.05) is 6.07 Å². The zero-order valence-corrected chi connectivity index (χ0v) is 9.09. The first-order chi connectivity index (χ1) is 7.77. The van der Waals surface area contributed by atoms with Crippen molar-refractivity contribution in [3.8, 4) is 0 Å². The van der Waals surface area contributed by atoms with Gasteiger partial charge < -0.3 is 4.74 Å². The van der Waals surface area contributed by atoms with Gasteiger partial charge in [0.25, 0.3) is 5.78 Å². The Bertz CT molecular complexity index is 464. The normalized spacial score (nSPS) is 11.1. The van der Waals surface area contributed by atoms with Crippen molar-refractivity contribution in [1.82, 2.24) is 0 Å². The molecule has 0 unspecified atom stereocenters. The molecule has 0 aliphatic heterocycles. The number of ketones is 1. The van der Waals surface area contributed by atoms with Crippen molar-refractivity contribution in [2.75, 3.05) is 7.11 Å². The molecule has 0 N–H and O–H groups in total. The average Bonchev–Trinajstić information content (AvgIpc) is 2.25. The van der Waals surface area contributed by atoms with E-state index in [1.165, 1.54) is 6.92 Å². The van der Waals surface area contributed by atoms with Gasteiger partial charge in [0.2, 0.25) is 0 Å². The fourth-order valence-corrected chi connectivity index (χ4v) is 1.31. The number of methoxy groups -OCH3 is 1. The van der Waals surface area contributed by atoms with E-state index >= 15 is 0 Å². The highest BCUT2D eigenvalue weighted by molar-refractivity contribution is 6.01. The number of hydrogen-bond acceptors (Lipinski definition) is 3. The van der Waals surface area contributed by atoms with Crippen LogP contribution in [0.5, 0.6) is 0 Å². The first-order valence-electron chi connectivity index (χ1n) is 4.58. The summed E-state index contributed by atoms with van der Waals surface area (Å²) in [6, 6.07) is 3.11. The third kappa shape index (κ3) is 2.83. The van der Waals surface area contributed by atoms with Gasteiger partial charge in [-0.2, -0.15) is 13.2 Å². The molecule has 0 spiro atoms. The molecule has 92 valence electrons. The van der Waals surface area contributed by atoms with Crippen molar-refractivity contribution in [2.45, 2.75) is 13.1 Å². The molecule has 0 bridgehead atoms. The molecule has 1 aromatic carbocycles. The molecule has 0 aliphatic rings. The van der Waals surface area contributed by atoms with Crippen LogP contribution in [0.4, 0.5) is 13.2 Å². The number of carbonyl (C=O) groups is 2. The van der Waals surface area contributed by atoms with Crippen LogP contribution in [0.15, 0.2) is 18.2 Å². The van der Waals surface area contributed by atoms with Gasteiger partial charge >= 0.3 is 12.1 Å². The lowest BCUT2D eigenvalue weighted by atomic mass is 10.0. The largest absolute Gasteiger partial charge is 0.465 e. The van der Waals surface area contributed by atoms with E-state index in [4.69, 9.17) is 0 Å². The number of ether oxygens (including phenoxy) is 1.